The summed E-state index contributed by atoms with van der Waals surface area (Å²) in [7, 11) is 0. The molecule has 18 heavy (non-hydrogen) atoms. The summed E-state index contributed by atoms with van der Waals surface area (Å²) in [5, 5.41) is 9.45. The average molecular weight is 253 g/mol. The van der Waals surface area contributed by atoms with Crippen molar-refractivity contribution in [3.63, 3.8) is 0 Å². The average Bonchev–Trinajstić information content (AvgIpc) is 3.08. The summed E-state index contributed by atoms with van der Waals surface area (Å²) in [5.41, 5.74) is 0. The van der Waals surface area contributed by atoms with E-state index in [0.717, 1.165) is 31.7 Å². The number of carboxylic acids is 1. The van der Waals surface area contributed by atoms with Gasteiger partial charge in [0.2, 0.25) is 0 Å². The summed E-state index contributed by atoms with van der Waals surface area (Å²) in [6.07, 6.45) is 5.66. The van der Waals surface area contributed by atoms with E-state index in [1.165, 1.54) is 12.8 Å². The Morgan fingerprint density at radius 2 is 1.94 bits per heavy atom. The van der Waals surface area contributed by atoms with E-state index in [1.54, 1.807) is 0 Å². The fourth-order valence-corrected chi connectivity index (χ4v) is 3.33. The first-order valence-corrected chi connectivity index (χ1v) is 7.47. The number of nitrogens with zero attached hydrogens (tertiary/aromatic N) is 1. The minimum Gasteiger partial charge on any atom is -0.481 e. The maximum Gasteiger partial charge on any atom is 0.308 e. The molecule has 2 aliphatic rings. The Bertz CT molecular complexity index is 299. The van der Waals surface area contributed by atoms with Crippen molar-refractivity contribution < 1.29 is 9.90 Å². The maximum absolute atomic E-state index is 11.5. The van der Waals surface area contributed by atoms with Gasteiger partial charge in [0.15, 0.2) is 0 Å². The molecule has 3 atom stereocenters. The van der Waals surface area contributed by atoms with Crippen molar-refractivity contribution in [1.82, 2.24) is 4.90 Å². The van der Waals surface area contributed by atoms with Gasteiger partial charge in [-0.05, 0) is 57.8 Å². The topological polar surface area (TPSA) is 40.5 Å². The van der Waals surface area contributed by atoms with E-state index in [-0.39, 0.29) is 12.0 Å². The third-order valence-electron chi connectivity index (χ3n) is 4.65. The second-order valence-electron chi connectivity index (χ2n) is 6.66. The smallest absolute Gasteiger partial charge is 0.308 e. The van der Waals surface area contributed by atoms with E-state index in [1.807, 2.05) is 0 Å². The standard InChI is InChI=1S/C15H27NO2/c1-10(2)16(9-12-5-6-12)14-8-11(3)4-7-13(14)15(17)18/h10-14H,4-9H2,1-3H3,(H,17,18). The molecule has 104 valence electrons. The molecule has 3 nitrogen and oxygen atoms in total. The Morgan fingerprint density at radius 3 is 2.44 bits per heavy atom. The lowest BCUT2D eigenvalue weighted by Crippen LogP contribution is -2.50. The predicted molar refractivity (Wildman–Crippen MR) is 72.5 cm³/mol. The van der Waals surface area contributed by atoms with Gasteiger partial charge in [-0.2, -0.15) is 0 Å². The molecule has 0 spiro atoms. The van der Waals surface area contributed by atoms with Crippen LogP contribution in [0.3, 0.4) is 0 Å². The third kappa shape index (κ3) is 3.25. The molecule has 3 unspecified atom stereocenters. The summed E-state index contributed by atoms with van der Waals surface area (Å²) in [6, 6.07) is 0.717. The number of rotatable bonds is 5. The molecule has 0 radical (unpaired) electrons. The Labute approximate surface area is 111 Å². The van der Waals surface area contributed by atoms with Gasteiger partial charge >= 0.3 is 5.97 Å². The molecule has 0 amide bonds. The van der Waals surface area contributed by atoms with Crippen LogP contribution in [-0.4, -0.2) is 34.6 Å². The zero-order valence-electron chi connectivity index (χ0n) is 11.9. The van der Waals surface area contributed by atoms with Crippen molar-refractivity contribution in [2.24, 2.45) is 17.8 Å². The second-order valence-corrected chi connectivity index (χ2v) is 6.66. The van der Waals surface area contributed by atoms with Crippen molar-refractivity contribution in [2.75, 3.05) is 6.54 Å². The van der Waals surface area contributed by atoms with Crippen LogP contribution in [0.1, 0.15) is 52.9 Å². The normalized spacial score (nSPS) is 33.1. The molecule has 0 heterocycles. The second kappa shape index (κ2) is 5.60. The number of hydrogen-bond acceptors (Lipinski definition) is 2. The monoisotopic (exact) mass is 253 g/mol. The lowest BCUT2D eigenvalue weighted by Gasteiger charge is -2.42. The van der Waals surface area contributed by atoms with Gasteiger partial charge in [0.25, 0.3) is 0 Å². The van der Waals surface area contributed by atoms with E-state index >= 15 is 0 Å². The van der Waals surface area contributed by atoms with Gasteiger partial charge < -0.3 is 5.11 Å². The summed E-state index contributed by atoms with van der Waals surface area (Å²) in [5.74, 6) is 0.765. The lowest BCUT2D eigenvalue weighted by atomic mass is 9.77. The molecule has 2 aliphatic carbocycles. The van der Waals surface area contributed by atoms with Gasteiger partial charge in [-0.15, -0.1) is 0 Å². The molecular formula is C15H27NO2. The van der Waals surface area contributed by atoms with Crippen LogP contribution in [-0.2, 0) is 4.79 Å². The summed E-state index contributed by atoms with van der Waals surface area (Å²) in [4.78, 5) is 14.0. The lowest BCUT2D eigenvalue weighted by molar-refractivity contribution is -0.146. The molecule has 0 aromatic rings. The number of carboxylic acid groups (broad SMARTS) is 1. The van der Waals surface area contributed by atoms with Crippen molar-refractivity contribution in [1.29, 1.82) is 0 Å². The first-order chi connectivity index (χ1) is 8.49. The molecule has 3 heteroatoms. The van der Waals surface area contributed by atoms with Gasteiger partial charge in [-0.3, -0.25) is 9.69 Å². The van der Waals surface area contributed by atoms with Crippen LogP contribution < -0.4 is 0 Å². The summed E-state index contributed by atoms with van der Waals surface area (Å²) >= 11 is 0. The fraction of sp³-hybridized carbons (Fsp3) is 0.933. The van der Waals surface area contributed by atoms with Gasteiger partial charge in [-0.25, -0.2) is 0 Å². The Morgan fingerprint density at radius 1 is 1.28 bits per heavy atom. The molecule has 0 aromatic heterocycles. The van der Waals surface area contributed by atoms with E-state index in [0.29, 0.717) is 12.0 Å². The zero-order valence-corrected chi connectivity index (χ0v) is 11.9. The molecule has 0 bridgehead atoms. The zero-order chi connectivity index (χ0) is 13.3. The van der Waals surface area contributed by atoms with Crippen LogP contribution in [0.4, 0.5) is 0 Å². The molecule has 2 saturated carbocycles. The fourth-order valence-electron chi connectivity index (χ4n) is 3.33. The van der Waals surface area contributed by atoms with E-state index in [4.69, 9.17) is 0 Å². The molecule has 0 aliphatic heterocycles. The predicted octanol–water partition coefficient (Wildman–Crippen LogP) is 3.00. The molecular weight excluding hydrogens is 226 g/mol. The van der Waals surface area contributed by atoms with Crippen molar-refractivity contribution >= 4 is 5.97 Å². The van der Waals surface area contributed by atoms with Crippen molar-refractivity contribution in [3.8, 4) is 0 Å². The number of hydrogen-bond donors (Lipinski definition) is 1. The Kier molecular flexibility index (Phi) is 4.31. The van der Waals surface area contributed by atoms with Gasteiger partial charge in [0, 0.05) is 18.6 Å². The Balaban J connectivity index is 2.09. The number of aliphatic carboxylic acids is 1. The van der Waals surface area contributed by atoms with Crippen LogP contribution in [0, 0.1) is 17.8 Å². The van der Waals surface area contributed by atoms with Crippen molar-refractivity contribution in [3.05, 3.63) is 0 Å². The largest absolute Gasteiger partial charge is 0.481 e. The number of carbonyl (C=O) groups is 1. The first kappa shape index (κ1) is 13.9. The summed E-state index contributed by atoms with van der Waals surface area (Å²) < 4.78 is 0. The van der Waals surface area contributed by atoms with Crippen LogP contribution in [0.5, 0.6) is 0 Å². The van der Waals surface area contributed by atoms with Gasteiger partial charge in [-0.1, -0.05) is 6.92 Å². The molecule has 2 rings (SSSR count). The molecule has 0 saturated heterocycles. The van der Waals surface area contributed by atoms with E-state index in [9.17, 15) is 9.90 Å². The minimum absolute atomic E-state index is 0.151. The van der Waals surface area contributed by atoms with Crippen LogP contribution in [0.15, 0.2) is 0 Å². The van der Waals surface area contributed by atoms with Gasteiger partial charge in [0.1, 0.15) is 0 Å². The molecule has 0 aromatic carbocycles. The highest BCUT2D eigenvalue weighted by Gasteiger charge is 2.39. The highest BCUT2D eigenvalue weighted by atomic mass is 16.4. The highest BCUT2D eigenvalue weighted by molar-refractivity contribution is 5.71. The summed E-state index contributed by atoms with van der Waals surface area (Å²) in [6.45, 7) is 7.79. The molecule has 1 N–H and O–H groups in total. The van der Waals surface area contributed by atoms with Crippen LogP contribution in [0.25, 0.3) is 0 Å². The minimum atomic E-state index is -0.589. The Hall–Kier alpha value is -0.570. The maximum atomic E-state index is 11.5. The quantitative estimate of drug-likeness (QED) is 0.819. The van der Waals surface area contributed by atoms with Gasteiger partial charge in [0.05, 0.1) is 5.92 Å². The SMILES string of the molecule is CC1CCC(C(=O)O)C(N(CC2CC2)C(C)C)C1. The van der Waals surface area contributed by atoms with Crippen LogP contribution >= 0.6 is 0 Å². The third-order valence-corrected chi connectivity index (χ3v) is 4.65. The van der Waals surface area contributed by atoms with E-state index < -0.39 is 5.97 Å². The first-order valence-electron chi connectivity index (χ1n) is 7.47. The highest BCUT2D eigenvalue weighted by Crippen LogP contribution is 2.37. The van der Waals surface area contributed by atoms with E-state index in [2.05, 4.69) is 25.7 Å². The van der Waals surface area contributed by atoms with Crippen LogP contribution in [0.2, 0.25) is 0 Å². The molecule has 2 fully saturated rings. The van der Waals surface area contributed by atoms with Crippen molar-refractivity contribution in [2.45, 2.75) is 65.0 Å².